The van der Waals surface area contributed by atoms with Gasteiger partial charge in [0.05, 0.1) is 51.2 Å². The summed E-state index contributed by atoms with van der Waals surface area (Å²) >= 11 is 0. The maximum atomic E-state index is 12.9. The zero-order chi connectivity index (χ0) is 37.4. The van der Waals surface area contributed by atoms with E-state index in [0.29, 0.717) is 32.6 Å². The van der Waals surface area contributed by atoms with Crippen LogP contribution in [0.3, 0.4) is 0 Å². The third-order valence-corrected chi connectivity index (χ3v) is 7.42. The molecule has 0 unspecified atom stereocenters. The van der Waals surface area contributed by atoms with Crippen LogP contribution in [0.5, 0.6) is 0 Å². The van der Waals surface area contributed by atoms with Crippen LogP contribution in [0.25, 0.3) is 11.1 Å². The molecular formula is C36H50Gd2N6O9-2. The molecule has 0 aliphatic rings. The SMILES string of the molecule is [CH2-]C(=O)NCCN(CCNC([CH2-])=O)CC(=O)NCCOCCOCCNC(=O)[C@H](CC(=O)O)NC(=O)[C@@H](C)Cc1ccc(-c2ccccc2)cc1.[Gd].[Gd]. The number of hydrogen-bond donors (Lipinski definition) is 6. The predicted octanol–water partition coefficient (Wildman–Crippen LogP) is -0.0401. The van der Waals surface area contributed by atoms with Gasteiger partial charge in [0.25, 0.3) is 0 Å². The Balaban J connectivity index is 0.0000135. The second-order valence-electron chi connectivity index (χ2n) is 11.7. The van der Waals surface area contributed by atoms with Crippen LogP contribution in [-0.2, 0) is 44.7 Å². The van der Waals surface area contributed by atoms with Gasteiger partial charge in [0.2, 0.25) is 17.7 Å². The van der Waals surface area contributed by atoms with Gasteiger partial charge in [-0.15, -0.1) is 0 Å². The molecule has 2 aromatic carbocycles. The quantitative estimate of drug-likeness (QED) is 0.0579. The molecule has 0 bridgehead atoms. The smallest absolute Gasteiger partial charge is 0.305 e. The van der Waals surface area contributed by atoms with E-state index < -0.39 is 48.0 Å². The fourth-order valence-electron chi connectivity index (χ4n) is 4.80. The second kappa shape index (κ2) is 29.8. The first-order valence-corrected chi connectivity index (χ1v) is 16.7. The van der Waals surface area contributed by atoms with Gasteiger partial charge in [0.1, 0.15) is 6.04 Å². The van der Waals surface area contributed by atoms with Crippen molar-refractivity contribution in [1.82, 2.24) is 31.5 Å². The minimum absolute atomic E-state index is 0. The van der Waals surface area contributed by atoms with E-state index in [1.165, 1.54) is 0 Å². The summed E-state index contributed by atoms with van der Waals surface area (Å²) in [4.78, 5) is 73.1. The Hall–Kier alpha value is -2.47. The van der Waals surface area contributed by atoms with Crippen LogP contribution in [-0.4, -0.2) is 124 Å². The number of carboxylic acid groups (broad SMARTS) is 1. The van der Waals surface area contributed by atoms with Crippen molar-refractivity contribution < 1.29 is 123 Å². The first-order chi connectivity index (χ1) is 24.4. The largest absolute Gasteiger partial charge is 0.481 e. The molecule has 17 heteroatoms. The first kappa shape index (κ1) is 50.5. The molecule has 2 rings (SSSR count). The standard InChI is InChI=1S/C36H50N6O9.2Gd/c1-26(23-29-9-11-31(12-10-29)30-7-5-4-6-8-30)35(48)41-32(24-34(46)47)36(49)40-16-20-51-22-21-50-19-15-39-33(45)25-42(17-13-37-27(2)43)18-14-38-28(3)44;;/h4-12,26,32H,2-3,13-25H2,1H3,(H,37,43)(H,38,44)(H,39,45)(H,40,49)(H,41,48)(H,46,47);;/q-2;;/t26-,32-;;/m0../s1. The van der Waals surface area contributed by atoms with Crippen LogP contribution in [0.4, 0.5) is 0 Å². The predicted molar refractivity (Wildman–Crippen MR) is 190 cm³/mol. The Kier molecular flexibility index (Phi) is 28.4. The van der Waals surface area contributed by atoms with Crippen molar-refractivity contribution in [3.8, 4) is 11.1 Å². The summed E-state index contributed by atoms with van der Waals surface area (Å²) in [6.07, 6.45) is -0.148. The summed E-state index contributed by atoms with van der Waals surface area (Å²) in [6, 6.07) is 16.5. The van der Waals surface area contributed by atoms with Crippen molar-refractivity contribution in [2.24, 2.45) is 5.92 Å². The van der Waals surface area contributed by atoms with E-state index in [9.17, 15) is 33.9 Å². The molecular weight excluding hydrogens is 975 g/mol. The topological polar surface area (TPSA) is 204 Å². The first-order valence-electron chi connectivity index (χ1n) is 16.7. The van der Waals surface area contributed by atoms with Crippen molar-refractivity contribution >= 4 is 35.5 Å². The Morgan fingerprint density at radius 3 is 1.75 bits per heavy atom. The Morgan fingerprint density at radius 1 is 0.698 bits per heavy atom. The van der Waals surface area contributed by atoms with E-state index in [-0.39, 0.29) is 132 Å². The molecule has 0 spiro atoms. The number of hydrogen-bond acceptors (Lipinski definition) is 9. The Labute approximate surface area is 375 Å². The fourth-order valence-corrected chi connectivity index (χ4v) is 4.80. The number of carbonyl (C=O) groups excluding carboxylic acids is 5. The molecule has 296 valence electrons. The van der Waals surface area contributed by atoms with Crippen molar-refractivity contribution in [2.45, 2.75) is 25.8 Å². The molecule has 15 nitrogen and oxygen atoms in total. The molecule has 5 amide bonds. The molecule has 2 aromatic rings. The molecule has 0 heterocycles. The molecule has 0 aliphatic carbocycles. The maximum Gasteiger partial charge on any atom is 0.305 e. The summed E-state index contributed by atoms with van der Waals surface area (Å²) in [5.41, 5.74) is 3.08. The van der Waals surface area contributed by atoms with Crippen molar-refractivity contribution in [3.63, 3.8) is 0 Å². The monoisotopic (exact) mass is 1030 g/mol. The number of ether oxygens (including phenoxy) is 2. The van der Waals surface area contributed by atoms with Gasteiger partial charge in [0.15, 0.2) is 0 Å². The van der Waals surface area contributed by atoms with E-state index in [1.807, 2.05) is 54.6 Å². The summed E-state index contributed by atoms with van der Waals surface area (Å²) in [6.45, 7) is 10.8. The van der Waals surface area contributed by atoms with E-state index >= 15 is 0 Å². The average molecular weight is 1030 g/mol. The summed E-state index contributed by atoms with van der Waals surface area (Å²) in [7, 11) is 0. The van der Waals surface area contributed by atoms with Gasteiger partial charge in [-0.05, 0) is 23.1 Å². The fraction of sp³-hybridized carbons (Fsp3) is 0.444. The van der Waals surface area contributed by atoms with E-state index in [4.69, 9.17) is 9.47 Å². The van der Waals surface area contributed by atoms with Crippen molar-refractivity contribution in [1.29, 1.82) is 0 Å². The summed E-state index contributed by atoms with van der Waals surface area (Å²) in [5.74, 6) is -3.88. The normalized spacial score (nSPS) is 11.5. The van der Waals surface area contributed by atoms with E-state index in [0.717, 1.165) is 16.7 Å². The molecule has 0 fully saturated rings. The number of carboxylic acids is 1. The molecule has 2 atom stereocenters. The molecule has 0 saturated carbocycles. The van der Waals surface area contributed by atoms with Crippen LogP contribution in [0, 0.1) is 99.6 Å². The summed E-state index contributed by atoms with van der Waals surface area (Å²) < 4.78 is 10.9. The van der Waals surface area contributed by atoms with E-state index in [2.05, 4.69) is 40.4 Å². The molecule has 53 heavy (non-hydrogen) atoms. The minimum atomic E-state index is -1.24. The van der Waals surface area contributed by atoms with Crippen molar-refractivity contribution in [3.05, 3.63) is 74.0 Å². The third-order valence-electron chi connectivity index (χ3n) is 7.42. The van der Waals surface area contributed by atoms with Gasteiger partial charge in [0, 0.05) is 125 Å². The number of carbonyl (C=O) groups is 6. The van der Waals surface area contributed by atoms with Gasteiger partial charge in [-0.2, -0.15) is 0 Å². The number of nitrogens with one attached hydrogen (secondary N) is 5. The van der Waals surface area contributed by atoms with Crippen LogP contribution >= 0.6 is 0 Å². The average Bonchev–Trinajstić information content (AvgIpc) is 3.08. The zero-order valence-corrected chi connectivity index (χ0v) is 34.4. The van der Waals surface area contributed by atoms with Gasteiger partial charge >= 0.3 is 5.97 Å². The number of rotatable bonds is 25. The third kappa shape index (κ3) is 23.8. The number of aliphatic carboxylic acids is 1. The maximum absolute atomic E-state index is 12.9. The second-order valence-corrected chi connectivity index (χ2v) is 11.7. The number of benzene rings is 2. The van der Waals surface area contributed by atoms with Gasteiger partial charge in [-0.25, -0.2) is 0 Å². The molecule has 0 radical (unpaired) electrons. The molecule has 0 aliphatic heterocycles. The minimum Gasteiger partial charge on any atom is -0.481 e. The molecule has 6 N–H and O–H groups in total. The van der Waals surface area contributed by atoms with Gasteiger partial charge in [-0.3, -0.25) is 24.1 Å². The van der Waals surface area contributed by atoms with E-state index in [1.54, 1.807) is 11.8 Å². The summed E-state index contributed by atoms with van der Waals surface area (Å²) in [5, 5.41) is 22.3. The Bertz CT molecular complexity index is 1380. The van der Waals surface area contributed by atoms with Crippen molar-refractivity contribution in [2.75, 3.05) is 72.2 Å². The zero-order valence-electron chi connectivity index (χ0n) is 29.8. The van der Waals surface area contributed by atoms with Gasteiger partial charge < -0.3 is 64.6 Å². The number of amides is 5. The molecule has 0 saturated heterocycles. The Morgan fingerprint density at radius 2 is 1.23 bits per heavy atom. The number of nitrogens with zero attached hydrogens (tertiary/aromatic N) is 1. The van der Waals surface area contributed by atoms with Gasteiger partial charge in [-0.1, -0.05) is 61.5 Å². The molecule has 0 aromatic heterocycles. The van der Waals surface area contributed by atoms with Crippen LogP contribution in [0.15, 0.2) is 54.6 Å². The van der Waals surface area contributed by atoms with Crippen LogP contribution in [0.2, 0.25) is 0 Å². The van der Waals surface area contributed by atoms with Crippen LogP contribution < -0.4 is 26.6 Å². The van der Waals surface area contributed by atoms with Crippen LogP contribution in [0.1, 0.15) is 18.9 Å².